The van der Waals surface area contributed by atoms with Crippen molar-refractivity contribution in [2.75, 3.05) is 16.5 Å². The molecule has 3 N–H and O–H groups in total. The fraction of sp³-hybridized carbons (Fsp3) is 0.176. The first-order valence-electron chi connectivity index (χ1n) is 7.85. The van der Waals surface area contributed by atoms with E-state index in [0.717, 1.165) is 16.8 Å². The molecular weight excluding hydrogens is 352 g/mol. The molecule has 26 heavy (non-hydrogen) atoms. The van der Waals surface area contributed by atoms with Crippen LogP contribution in [0, 0.1) is 13.8 Å². The normalized spacial score (nSPS) is 11.0. The number of rotatable bonds is 7. The average molecular weight is 370 g/mol. The summed E-state index contributed by atoms with van der Waals surface area (Å²) in [6, 6.07) is 9.44. The number of carbonyl (C=O) groups is 1. The Balaban J connectivity index is 1.47. The summed E-state index contributed by atoms with van der Waals surface area (Å²) in [6.07, 6.45) is 3.08. The molecule has 0 radical (unpaired) electrons. The Hall–Kier alpha value is -3.07. The molecule has 0 aliphatic rings. The van der Waals surface area contributed by atoms with Crippen LogP contribution in [0.4, 0.5) is 11.6 Å². The number of anilines is 2. The van der Waals surface area contributed by atoms with E-state index in [0.29, 0.717) is 16.9 Å². The fourth-order valence-corrected chi connectivity index (χ4v) is 2.75. The van der Waals surface area contributed by atoms with Gasteiger partial charge in [-0.15, -0.1) is 5.10 Å². The second-order valence-corrected chi connectivity index (χ2v) is 6.45. The summed E-state index contributed by atoms with van der Waals surface area (Å²) in [5.74, 6) is 1.09. The van der Waals surface area contributed by atoms with Gasteiger partial charge in [0, 0.05) is 5.69 Å². The molecule has 9 heteroatoms. The van der Waals surface area contributed by atoms with Gasteiger partial charge in [0.15, 0.2) is 0 Å². The third-order valence-electron chi connectivity index (χ3n) is 3.36. The minimum atomic E-state index is -0.114. The first-order valence-corrected chi connectivity index (χ1v) is 8.83. The number of carbonyl (C=O) groups excluding carboxylic acids is 1. The maximum Gasteiger partial charge on any atom is 0.240 e. The molecule has 0 fully saturated rings. The maximum atomic E-state index is 12.1. The lowest BCUT2D eigenvalue weighted by atomic mass is 10.1. The highest BCUT2D eigenvalue weighted by molar-refractivity contribution is 7.99. The number of H-pyrrole nitrogens is 1. The topological polar surface area (TPSA) is 108 Å². The summed E-state index contributed by atoms with van der Waals surface area (Å²) >= 11 is 1.23. The first-order chi connectivity index (χ1) is 12.6. The molecule has 0 bridgehead atoms. The number of hydrogen-bond acceptors (Lipinski definition) is 7. The standard InChI is InChI=1S/C17H18N6O2S/c1-11-5-6-14(12(2)8-11)19-15(24)10-26-17-20-16(22-23-17)21-18-9-13-4-3-7-25-13/h3-9H,10H2,1-2H3,(H,19,24)(H2,20,21,22,23)/b18-9-. The number of hydrogen-bond donors (Lipinski definition) is 3. The zero-order valence-corrected chi connectivity index (χ0v) is 15.1. The summed E-state index contributed by atoms with van der Waals surface area (Å²) in [5.41, 5.74) is 5.71. The van der Waals surface area contributed by atoms with Crippen molar-refractivity contribution in [2.45, 2.75) is 19.0 Å². The summed E-state index contributed by atoms with van der Waals surface area (Å²) in [5, 5.41) is 14.1. The number of aryl methyl sites for hydroxylation is 2. The lowest BCUT2D eigenvalue weighted by Crippen LogP contribution is -2.15. The van der Waals surface area contributed by atoms with Crippen molar-refractivity contribution in [3.8, 4) is 0 Å². The molecule has 1 amide bonds. The number of amides is 1. The van der Waals surface area contributed by atoms with Crippen molar-refractivity contribution in [1.29, 1.82) is 0 Å². The Morgan fingerprint density at radius 3 is 3.04 bits per heavy atom. The molecule has 0 spiro atoms. The third-order valence-corrected chi connectivity index (χ3v) is 4.21. The predicted octanol–water partition coefficient (Wildman–Crippen LogP) is 3.19. The summed E-state index contributed by atoms with van der Waals surface area (Å²) in [6.45, 7) is 3.98. The fourth-order valence-electron chi connectivity index (χ4n) is 2.15. The average Bonchev–Trinajstić information content (AvgIpc) is 3.28. The summed E-state index contributed by atoms with van der Waals surface area (Å²) in [7, 11) is 0. The quantitative estimate of drug-likeness (QED) is 0.335. The number of nitrogens with one attached hydrogen (secondary N) is 3. The highest BCUT2D eigenvalue weighted by atomic mass is 32.2. The second-order valence-electron chi connectivity index (χ2n) is 5.51. The van der Waals surface area contributed by atoms with Gasteiger partial charge in [-0.25, -0.2) is 10.5 Å². The van der Waals surface area contributed by atoms with Crippen molar-refractivity contribution >= 4 is 35.5 Å². The Morgan fingerprint density at radius 1 is 1.38 bits per heavy atom. The molecule has 1 aromatic carbocycles. The number of benzene rings is 1. The number of hydrazone groups is 1. The maximum absolute atomic E-state index is 12.1. The highest BCUT2D eigenvalue weighted by Gasteiger charge is 2.09. The molecule has 134 valence electrons. The Bertz CT molecular complexity index is 904. The van der Waals surface area contributed by atoms with Crippen molar-refractivity contribution in [3.05, 3.63) is 53.5 Å². The van der Waals surface area contributed by atoms with Crippen molar-refractivity contribution in [2.24, 2.45) is 5.10 Å². The zero-order chi connectivity index (χ0) is 18.4. The second kappa shape index (κ2) is 8.34. The Labute approximate surface area is 154 Å². The van der Waals surface area contributed by atoms with E-state index < -0.39 is 0 Å². The van der Waals surface area contributed by atoms with Gasteiger partial charge in [-0.05, 0) is 37.6 Å². The van der Waals surface area contributed by atoms with Crippen molar-refractivity contribution in [3.63, 3.8) is 0 Å². The van der Waals surface area contributed by atoms with E-state index in [4.69, 9.17) is 4.42 Å². The number of aromatic nitrogens is 3. The van der Waals surface area contributed by atoms with E-state index >= 15 is 0 Å². The van der Waals surface area contributed by atoms with Crippen LogP contribution < -0.4 is 10.7 Å². The SMILES string of the molecule is Cc1ccc(NC(=O)CSc2n[nH]c(N/N=C\c3ccco3)n2)c(C)c1. The Kier molecular flexibility index (Phi) is 5.69. The molecule has 0 saturated carbocycles. The van der Waals surface area contributed by atoms with Gasteiger partial charge >= 0.3 is 0 Å². The molecule has 0 unspecified atom stereocenters. The van der Waals surface area contributed by atoms with E-state index in [-0.39, 0.29) is 11.7 Å². The molecule has 0 saturated heterocycles. The van der Waals surface area contributed by atoms with Gasteiger partial charge in [-0.3, -0.25) is 4.79 Å². The summed E-state index contributed by atoms with van der Waals surface area (Å²) in [4.78, 5) is 16.3. The largest absolute Gasteiger partial charge is 0.463 e. The van der Waals surface area contributed by atoms with Gasteiger partial charge in [-0.2, -0.15) is 10.1 Å². The first kappa shape index (κ1) is 17.7. The van der Waals surface area contributed by atoms with E-state index in [1.165, 1.54) is 18.0 Å². The van der Waals surface area contributed by atoms with E-state index in [1.54, 1.807) is 18.4 Å². The lowest BCUT2D eigenvalue weighted by molar-refractivity contribution is -0.113. The van der Waals surface area contributed by atoms with E-state index in [2.05, 4.69) is 31.0 Å². The molecule has 8 nitrogen and oxygen atoms in total. The number of furan rings is 1. The van der Waals surface area contributed by atoms with Crippen molar-refractivity contribution in [1.82, 2.24) is 15.2 Å². The summed E-state index contributed by atoms with van der Waals surface area (Å²) < 4.78 is 5.12. The minimum Gasteiger partial charge on any atom is -0.463 e. The van der Waals surface area contributed by atoms with Crippen LogP contribution >= 0.6 is 11.8 Å². The predicted molar refractivity (Wildman–Crippen MR) is 102 cm³/mol. The van der Waals surface area contributed by atoms with Gasteiger partial charge in [-0.1, -0.05) is 29.5 Å². The van der Waals surface area contributed by atoms with Crippen LogP contribution in [0.1, 0.15) is 16.9 Å². The van der Waals surface area contributed by atoms with Gasteiger partial charge in [0.1, 0.15) is 5.76 Å². The number of nitrogens with zero attached hydrogens (tertiary/aromatic N) is 3. The van der Waals surface area contributed by atoms with Crippen molar-refractivity contribution < 1.29 is 9.21 Å². The van der Waals surface area contributed by atoms with Crippen LogP contribution in [0.3, 0.4) is 0 Å². The van der Waals surface area contributed by atoms with Gasteiger partial charge < -0.3 is 9.73 Å². The Morgan fingerprint density at radius 2 is 2.27 bits per heavy atom. The van der Waals surface area contributed by atoms with Gasteiger partial charge in [0.05, 0.1) is 18.2 Å². The molecule has 3 aromatic rings. The highest BCUT2D eigenvalue weighted by Crippen LogP contribution is 2.18. The molecule has 2 aromatic heterocycles. The van der Waals surface area contributed by atoms with Crippen LogP contribution in [0.2, 0.25) is 0 Å². The van der Waals surface area contributed by atoms with Gasteiger partial charge in [0.2, 0.25) is 17.0 Å². The van der Waals surface area contributed by atoms with E-state index in [9.17, 15) is 4.79 Å². The molecule has 3 rings (SSSR count). The minimum absolute atomic E-state index is 0.114. The van der Waals surface area contributed by atoms with Crippen LogP contribution in [0.5, 0.6) is 0 Å². The van der Waals surface area contributed by atoms with E-state index in [1.807, 2.05) is 32.0 Å². The lowest BCUT2D eigenvalue weighted by Gasteiger charge is -2.08. The third kappa shape index (κ3) is 4.96. The smallest absolute Gasteiger partial charge is 0.240 e. The monoisotopic (exact) mass is 370 g/mol. The zero-order valence-electron chi connectivity index (χ0n) is 14.3. The molecule has 2 heterocycles. The molecular formula is C17H18N6O2S. The van der Waals surface area contributed by atoms with Crippen LogP contribution in [0.15, 0.2) is 51.3 Å². The molecule has 0 aliphatic heterocycles. The number of aromatic amines is 1. The molecule has 0 aliphatic carbocycles. The van der Waals surface area contributed by atoms with Crippen LogP contribution in [0.25, 0.3) is 0 Å². The van der Waals surface area contributed by atoms with Crippen LogP contribution in [-0.4, -0.2) is 33.1 Å². The van der Waals surface area contributed by atoms with Gasteiger partial charge in [0.25, 0.3) is 0 Å². The molecule has 0 atom stereocenters. The van der Waals surface area contributed by atoms with Crippen LogP contribution in [-0.2, 0) is 4.79 Å². The number of thioether (sulfide) groups is 1.